The molecule has 2 N–H and O–H groups in total. The topological polar surface area (TPSA) is 76.0 Å². The highest BCUT2D eigenvalue weighted by Gasteiger charge is 2.29. The Morgan fingerprint density at radius 2 is 1.78 bits per heavy atom. The molecule has 1 aliphatic heterocycles. The molecule has 1 fully saturated rings. The zero-order valence-corrected chi connectivity index (χ0v) is 15.8. The predicted octanol–water partition coefficient (Wildman–Crippen LogP) is 3.45. The zero-order chi connectivity index (χ0) is 18.8. The van der Waals surface area contributed by atoms with Gasteiger partial charge in [-0.1, -0.05) is 30.5 Å². The summed E-state index contributed by atoms with van der Waals surface area (Å²) in [5.74, 6) is -0.0642. The van der Waals surface area contributed by atoms with E-state index in [1.165, 1.54) is 0 Å². The second-order valence-corrected chi connectivity index (χ2v) is 7.61. The summed E-state index contributed by atoms with van der Waals surface area (Å²) in [5.41, 5.74) is 3.19. The van der Waals surface area contributed by atoms with Crippen LogP contribution in [0.5, 0.6) is 0 Å². The number of amides is 2. The lowest BCUT2D eigenvalue weighted by Gasteiger charge is -2.17. The van der Waals surface area contributed by atoms with Crippen molar-refractivity contribution >= 4 is 17.5 Å². The van der Waals surface area contributed by atoms with Crippen LogP contribution in [0.3, 0.4) is 0 Å². The van der Waals surface area contributed by atoms with E-state index in [4.69, 9.17) is 0 Å². The first-order valence-corrected chi connectivity index (χ1v) is 9.90. The summed E-state index contributed by atoms with van der Waals surface area (Å²) in [6, 6.07) is 7.90. The van der Waals surface area contributed by atoms with Crippen LogP contribution in [0, 0.1) is 6.92 Å². The summed E-state index contributed by atoms with van der Waals surface area (Å²) in [6.45, 7) is 2.74. The molecule has 0 atom stereocenters. The molecule has 1 aromatic carbocycles. The molecule has 142 valence electrons. The number of anilines is 1. The third-order valence-corrected chi connectivity index (χ3v) is 5.54. The van der Waals surface area contributed by atoms with E-state index in [9.17, 15) is 9.59 Å². The van der Waals surface area contributed by atoms with Gasteiger partial charge >= 0.3 is 0 Å². The minimum Gasteiger partial charge on any atom is -0.348 e. The first-order chi connectivity index (χ1) is 13.1. The lowest BCUT2D eigenvalue weighted by Crippen LogP contribution is -2.33. The molecule has 2 aliphatic rings. The molecule has 4 rings (SSSR count). The molecule has 6 heteroatoms. The molecule has 1 aromatic heterocycles. The molecule has 0 radical (unpaired) electrons. The molecule has 2 amide bonds. The lowest BCUT2D eigenvalue weighted by atomic mass is 10.1. The number of benzene rings is 1. The molecule has 0 spiro atoms. The standard InChI is InChI=1S/C21H26N4O2/c1-14-9-11-16(12-10-14)23-21(27)19-24-18(17-8-4-5-13-25(17)19)20(26)22-15-6-2-3-7-15/h9-12,15H,2-8,13H2,1H3,(H,22,26)(H,23,27). The average molecular weight is 366 g/mol. The first kappa shape index (κ1) is 17.8. The third-order valence-electron chi connectivity index (χ3n) is 5.54. The van der Waals surface area contributed by atoms with Gasteiger partial charge in [-0.05, 0) is 51.2 Å². The SMILES string of the molecule is Cc1ccc(NC(=O)c2nc(C(=O)NC3CCCC3)c3n2CCCC3)cc1. The van der Waals surface area contributed by atoms with Crippen LogP contribution in [0.4, 0.5) is 5.69 Å². The average Bonchev–Trinajstić information content (AvgIpc) is 3.31. The normalized spacial score (nSPS) is 16.8. The van der Waals surface area contributed by atoms with Crippen LogP contribution in [0.1, 0.15) is 70.9 Å². The van der Waals surface area contributed by atoms with Gasteiger partial charge in [-0.15, -0.1) is 0 Å². The number of carbonyl (C=O) groups is 2. The Hall–Kier alpha value is -2.63. The Bertz CT molecular complexity index is 848. The van der Waals surface area contributed by atoms with Crippen LogP contribution in [-0.4, -0.2) is 27.4 Å². The Balaban J connectivity index is 1.58. The fourth-order valence-electron chi connectivity index (χ4n) is 4.05. The maximum Gasteiger partial charge on any atom is 0.291 e. The van der Waals surface area contributed by atoms with Gasteiger partial charge in [0.25, 0.3) is 11.8 Å². The minimum atomic E-state index is -0.262. The van der Waals surface area contributed by atoms with E-state index in [0.717, 1.165) is 68.4 Å². The zero-order valence-electron chi connectivity index (χ0n) is 15.8. The van der Waals surface area contributed by atoms with Crippen molar-refractivity contribution in [1.29, 1.82) is 0 Å². The van der Waals surface area contributed by atoms with Crippen LogP contribution in [-0.2, 0) is 13.0 Å². The molecule has 2 heterocycles. The summed E-state index contributed by atoms with van der Waals surface area (Å²) in [4.78, 5) is 30.1. The van der Waals surface area contributed by atoms with Gasteiger partial charge in [0.1, 0.15) is 5.69 Å². The van der Waals surface area contributed by atoms with Crippen molar-refractivity contribution in [3.63, 3.8) is 0 Å². The number of carbonyl (C=O) groups excluding carboxylic acids is 2. The third kappa shape index (κ3) is 3.75. The number of hydrogen-bond donors (Lipinski definition) is 2. The van der Waals surface area contributed by atoms with Crippen LogP contribution >= 0.6 is 0 Å². The second kappa shape index (κ2) is 7.55. The number of rotatable bonds is 4. The monoisotopic (exact) mass is 366 g/mol. The van der Waals surface area contributed by atoms with E-state index >= 15 is 0 Å². The van der Waals surface area contributed by atoms with Crippen molar-refractivity contribution in [2.45, 2.75) is 64.5 Å². The van der Waals surface area contributed by atoms with Crippen molar-refractivity contribution in [2.75, 3.05) is 5.32 Å². The lowest BCUT2D eigenvalue weighted by molar-refractivity contribution is 0.0932. The Morgan fingerprint density at radius 3 is 2.52 bits per heavy atom. The van der Waals surface area contributed by atoms with Gasteiger partial charge in [0.05, 0.1) is 5.69 Å². The quantitative estimate of drug-likeness (QED) is 0.870. The first-order valence-electron chi connectivity index (χ1n) is 9.90. The highest BCUT2D eigenvalue weighted by molar-refractivity contribution is 6.03. The number of nitrogens with one attached hydrogen (secondary N) is 2. The maximum absolute atomic E-state index is 12.8. The Kier molecular flexibility index (Phi) is 4.97. The maximum atomic E-state index is 12.8. The highest BCUT2D eigenvalue weighted by atomic mass is 16.2. The minimum absolute atomic E-state index is 0.137. The highest BCUT2D eigenvalue weighted by Crippen LogP contribution is 2.23. The van der Waals surface area contributed by atoms with E-state index in [2.05, 4.69) is 15.6 Å². The van der Waals surface area contributed by atoms with Crippen LogP contribution in [0.25, 0.3) is 0 Å². The summed E-state index contributed by atoms with van der Waals surface area (Å²) in [5, 5.41) is 6.01. The van der Waals surface area contributed by atoms with Gasteiger partial charge in [0.15, 0.2) is 5.82 Å². The van der Waals surface area contributed by atoms with Crippen molar-refractivity contribution in [3.8, 4) is 0 Å². The van der Waals surface area contributed by atoms with E-state index in [1.54, 1.807) is 0 Å². The van der Waals surface area contributed by atoms with Crippen LogP contribution in [0.15, 0.2) is 24.3 Å². The molecular weight excluding hydrogens is 340 g/mol. The molecule has 1 aliphatic carbocycles. The predicted molar refractivity (Wildman–Crippen MR) is 104 cm³/mol. The molecule has 2 aromatic rings. The number of hydrogen-bond acceptors (Lipinski definition) is 3. The van der Waals surface area contributed by atoms with E-state index in [-0.39, 0.29) is 17.9 Å². The molecule has 6 nitrogen and oxygen atoms in total. The summed E-state index contributed by atoms with van der Waals surface area (Å²) in [7, 11) is 0. The van der Waals surface area contributed by atoms with E-state index in [1.807, 2.05) is 35.8 Å². The van der Waals surface area contributed by atoms with E-state index in [0.29, 0.717) is 11.5 Å². The molecule has 1 saturated carbocycles. The summed E-state index contributed by atoms with van der Waals surface area (Å²) >= 11 is 0. The number of aromatic nitrogens is 2. The second-order valence-electron chi connectivity index (χ2n) is 7.61. The van der Waals surface area contributed by atoms with Gasteiger partial charge in [-0.25, -0.2) is 4.98 Å². The fraction of sp³-hybridized carbons (Fsp3) is 0.476. The molecule has 0 unspecified atom stereocenters. The van der Waals surface area contributed by atoms with Crippen LogP contribution < -0.4 is 10.6 Å². The van der Waals surface area contributed by atoms with Gasteiger partial charge < -0.3 is 15.2 Å². The van der Waals surface area contributed by atoms with Crippen molar-refractivity contribution < 1.29 is 9.59 Å². The number of nitrogens with zero attached hydrogens (tertiary/aromatic N) is 2. The molecule has 0 bridgehead atoms. The number of fused-ring (bicyclic) bond motifs is 1. The molecule has 0 saturated heterocycles. The van der Waals surface area contributed by atoms with Gasteiger partial charge in [0, 0.05) is 18.3 Å². The summed E-state index contributed by atoms with van der Waals surface area (Å²) < 4.78 is 1.93. The molecular formula is C21H26N4O2. The van der Waals surface area contributed by atoms with E-state index < -0.39 is 0 Å². The van der Waals surface area contributed by atoms with Gasteiger partial charge in [0.2, 0.25) is 0 Å². The molecule has 27 heavy (non-hydrogen) atoms. The summed E-state index contributed by atoms with van der Waals surface area (Å²) in [6.07, 6.45) is 7.20. The number of imidazole rings is 1. The van der Waals surface area contributed by atoms with Crippen molar-refractivity contribution in [1.82, 2.24) is 14.9 Å². The Labute approximate surface area is 159 Å². The fourth-order valence-corrected chi connectivity index (χ4v) is 4.05. The van der Waals surface area contributed by atoms with Crippen molar-refractivity contribution in [2.24, 2.45) is 0 Å². The Morgan fingerprint density at radius 1 is 1.04 bits per heavy atom. The smallest absolute Gasteiger partial charge is 0.291 e. The number of aryl methyl sites for hydroxylation is 1. The van der Waals surface area contributed by atoms with Crippen molar-refractivity contribution in [3.05, 3.63) is 47.0 Å². The largest absolute Gasteiger partial charge is 0.348 e. The van der Waals surface area contributed by atoms with Crippen LogP contribution in [0.2, 0.25) is 0 Å². The van der Waals surface area contributed by atoms with Gasteiger partial charge in [-0.3, -0.25) is 9.59 Å². The van der Waals surface area contributed by atoms with Gasteiger partial charge in [-0.2, -0.15) is 0 Å².